The maximum absolute atomic E-state index is 12.6. The van der Waals surface area contributed by atoms with Gasteiger partial charge in [-0.25, -0.2) is 0 Å². The van der Waals surface area contributed by atoms with Crippen LogP contribution in [0.25, 0.3) is 10.1 Å². The first kappa shape index (κ1) is 19.4. The van der Waals surface area contributed by atoms with Crippen molar-refractivity contribution in [2.45, 2.75) is 0 Å². The number of pyridine rings is 1. The number of nitrogens with zero attached hydrogens (tertiary/aromatic N) is 1. The Hall–Kier alpha value is -3.91. The van der Waals surface area contributed by atoms with E-state index < -0.39 is 0 Å². The van der Waals surface area contributed by atoms with Crippen molar-refractivity contribution in [3.63, 3.8) is 0 Å². The molecule has 0 radical (unpaired) electrons. The topological polar surface area (TPSA) is 106 Å². The molecule has 0 fully saturated rings. The van der Waals surface area contributed by atoms with Crippen LogP contribution in [-0.4, -0.2) is 23.4 Å². The van der Waals surface area contributed by atoms with Gasteiger partial charge in [0, 0.05) is 16.6 Å². The summed E-state index contributed by atoms with van der Waals surface area (Å²) in [7, 11) is 0. The van der Waals surface area contributed by atoms with Gasteiger partial charge in [-0.2, -0.15) is 0 Å². The molecule has 0 atom stereocenters. The summed E-state index contributed by atoms with van der Waals surface area (Å²) in [6.45, 7) is -0.125. The van der Waals surface area contributed by atoms with Crippen LogP contribution in [0.4, 0.5) is 17.1 Å². The number of anilines is 3. The molecule has 7 nitrogen and oxygen atoms in total. The fraction of sp³-hybridized carbons (Fsp3) is 0.0455. The van der Waals surface area contributed by atoms with Gasteiger partial charge in [0.05, 0.1) is 22.4 Å². The number of thiophene rings is 1. The van der Waals surface area contributed by atoms with E-state index in [1.165, 1.54) is 11.3 Å². The summed E-state index contributed by atoms with van der Waals surface area (Å²) < 4.78 is 6.33. The van der Waals surface area contributed by atoms with Gasteiger partial charge < -0.3 is 21.1 Å². The normalized spacial score (nSPS) is 10.5. The standard InChI is InChI=1S/C22H18N4O3S/c23-17-5-1-2-6-18(17)26-22(28)20-11-14-10-15(7-8-19(14)30-20)25-21(27)13-29-16-4-3-9-24-12-16/h1-12H,13,23H2,(H,25,27)(H,26,28). The van der Waals surface area contributed by atoms with Gasteiger partial charge in [0.25, 0.3) is 11.8 Å². The number of rotatable bonds is 6. The largest absolute Gasteiger partial charge is 0.482 e. The lowest BCUT2D eigenvalue weighted by Gasteiger charge is -2.07. The number of carbonyl (C=O) groups is 2. The summed E-state index contributed by atoms with van der Waals surface area (Å²) in [5.74, 6) is 0.00570. The number of hydrogen-bond acceptors (Lipinski definition) is 6. The maximum Gasteiger partial charge on any atom is 0.265 e. The van der Waals surface area contributed by atoms with Crippen LogP contribution in [0.15, 0.2) is 73.1 Å². The first-order valence-corrected chi connectivity index (χ1v) is 9.92. The van der Waals surface area contributed by atoms with Crippen LogP contribution in [0.5, 0.6) is 5.75 Å². The van der Waals surface area contributed by atoms with Gasteiger partial charge in [0.1, 0.15) is 5.75 Å². The van der Waals surface area contributed by atoms with E-state index in [2.05, 4.69) is 15.6 Å². The van der Waals surface area contributed by atoms with E-state index in [-0.39, 0.29) is 18.4 Å². The van der Waals surface area contributed by atoms with Crippen molar-refractivity contribution in [1.82, 2.24) is 4.98 Å². The summed E-state index contributed by atoms with van der Waals surface area (Å²) in [6, 6.07) is 17.8. The zero-order valence-corrected chi connectivity index (χ0v) is 16.6. The minimum Gasteiger partial charge on any atom is -0.482 e. The van der Waals surface area contributed by atoms with Crippen molar-refractivity contribution in [3.8, 4) is 5.75 Å². The molecule has 0 spiro atoms. The molecule has 0 saturated carbocycles. The molecule has 0 bridgehead atoms. The average Bonchev–Trinajstić information content (AvgIpc) is 3.18. The second kappa shape index (κ2) is 8.62. The molecule has 4 rings (SSSR count). The van der Waals surface area contributed by atoms with E-state index in [1.54, 1.807) is 48.8 Å². The van der Waals surface area contributed by atoms with E-state index in [0.717, 1.165) is 10.1 Å². The Bertz CT molecular complexity index is 1210. The molecule has 0 saturated heterocycles. The Balaban J connectivity index is 1.42. The number of nitrogen functional groups attached to an aromatic ring is 1. The highest BCUT2D eigenvalue weighted by Gasteiger charge is 2.13. The lowest BCUT2D eigenvalue weighted by Crippen LogP contribution is -2.20. The van der Waals surface area contributed by atoms with Crippen LogP contribution in [0.1, 0.15) is 9.67 Å². The van der Waals surface area contributed by atoms with E-state index in [9.17, 15) is 9.59 Å². The zero-order chi connectivity index (χ0) is 20.9. The number of nitrogens with one attached hydrogen (secondary N) is 2. The third-order valence-corrected chi connectivity index (χ3v) is 5.35. The van der Waals surface area contributed by atoms with Gasteiger partial charge in [0.15, 0.2) is 6.61 Å². The van der Waals surface area contributed by atoms with Crippen molar-refractivity contribution in [2.75, 3.05) is 23.0 Å². The molecule has 2 aromatic heterocycles. The lowest BCUT2D eigenvalue weighted by atomic mass is 10.2. The fourth-order valence-electron chi connectivity index (χ4n) is 2.81. The SMILES string of the molecule is Nc1ccccc1NC(=O)c1cc2cc(NC(=O)COc3cccnc3)ccc2s1. The number of amides is 2. The number of carbonyl (C=O) groups excluding carboxylic acids is 2. The van der Waals surface area contributed by atoms with Crippen molar-refractivity contribution in [1.29, 1.82) is 0 Å². The second-order valence-corrected chi connectivity index (χ2v) is 7.51. The summed E-state index contributed by atoms with van der Waals surface area (Å²) in [5, 5.41) is 6.47. The quantitative estimate of drug-likeness (QED) is 0.408. The Morgan fingerprint density at radius 3 is 2.70 bits per heavy atom. The monoisotopic (exact) mass is 418 g/mol. The molecule has 2 heterocycles. The van der Waals surface area contributed by atoms with Gasteiger partial charge in [0.2, 0.25) is 0 Å². The molecule has 4 N–H and O–H groups in total. The third kappa shape index (κ3) is 4.56. The molecule has 0 aliphatic heterocycles. The number of fused-ring (bicyclic) bond motifs is 1. The number of aromatic nitrogens is 1. The molecular formula is C22H18N4O3S. The predicted molar refractivity (Wildman–Crippen MR) is 119 cm³/mol. The van der Waals surface area contributed by atoms with Gasteiger partial charge >= 0.3 is 0 Å². The smallest absolute Gasteiger partial charge is 0.265 e. The van der Waals surface area contributed by atoms with Crippen LogP contribution in [0, 0.1) is 0 Å². The molecule has 150 valence electrons. The zero-order valence-electron chi connectivity index (χ0n) is 15.8. The first-order valence-electron chi connectivity index (χ1n) is 9.10. The van der Waals surface area contributed by atoms with Crippen molar-refractivity contribution in [2.24, 2.45) is 0 Å². The number of para-hydroxylation sites is 2. The van der Waals surface area contributed by atoms with Crippen molar-refractivity contribution < 1.29 is 14.3 Å². The molecule has 30 heavy (non-hydrogen) atoms. The van der Waals surface area contributed by atoms with Crippen LogP contribution in [0.3, 0.4) is 0 Å². The van der Waals surface area contributed by atoms with Crippen LogP contribution >= 0.6 is 11.3 Å². The Morgan fingerprint density at radius 1 is 1.03 bits per heavy atom. The molecule has 0 aliphatic carbocycles. The minimum atomic E-state index is -0.286. The molecular weight excluding hydrogens is 400 g/mol. The molecule has 2 aromatic carbocycles. The highest BCUT2D eigenvalue weighted by Crippen LogP contribution is 2.29. The van der Waals surface area contributed by atoms with E-state index in [4.69, 9.17) is 10.5 Å². The van der Waals surface area contributed by atoms with E-state index in [0.29, 0.717) is 27.7 Å². The first-order chi connectivity index (χ1) is 14.6. The number of hydrogen-bond donors (Lipinski definition) is 3. The summed E-state index contributed by atoms with van der Waals surface area (Å²) in [6.07, 6.45) is 3.17. The van der Waals surface area contributed by atoms with Crippen LogP contribution < -0.4 is 21.1 Å². The van der Waals surface area contributed by atoms with Crippen molar-refractivity contribution >= 4 is 50.3 Å². The van der Waals surface area contributed by atoms with Crippen LogP contribution in [-0.2, 0) is 4.79 Å². The Kier molecular flexibility index (Phi) is 5.58. The summed E-state index contributed by atoms with van der Waals surface area (Å²) in [4.78, 5) is 29.2. The average molecular weight is 418 g/mol. The number of ether oxygens (including phenoxy) is 1. The van der Waals surface area contributed by atoms with E-state index in [1.807, 2.05) is 24.3 Å². The Labute approximate surface area is 176 Å². The van der Waals surface area contributed by atoms with Gasteiger partial charge in [-0.1, -0.05) is 12.1 Å². The molecule has 0 unspecified atom stereocenters. The number of benzene rings is 2. The summed E-state index contributed by atoms with van der Waals surface area (Å²) in [5.41, 5.74) is 7.59. The predicted octanol–water partition coefficient (Wildman–Crippen LogP) is 4.15. The minimum absolute atomic E-state index is 0.125. The second-order valence-electron chi connectivity index (χ2n) is 6.43. The Morgan fingerprint density at radius 2 is 1.90 bits per heavy atom. The lowest BCUT2D eigenvalue weighted by molar-refractivity contribution is -0.118. The molecule has 0 aliphatic rings. The fourth-order valence-corrected chi connectivity index (χ4v) is 3.74. The summed E-state index contributed by atoms with van der Waals surface area (Å²) >= 11 is 1.37. The third-order valence-electron chi connectivity index (χ3n) is 4.24. The van der Waals surface area contributed by atoms with Gasteiger partial charge in [-0.05, 0) is 53.9 Å². The number of nitrogens with two attached hydrogens (primary N) is 1. The molecule has 4 aromatic rings. The molecule has 8 heteroatoms. The van der Waals surface area contributed by atoms with Crippen molar-refractivity contribution in [3.05, 3.63) is 77.9 Å². The maximum atomic E-state index is 12.6. The highest BCUT2D eigenvalue weighted by molar-refractivity contribution is 7.20. The van der Waals surface area contributed by atoms with Gasteiger partial charge in [-0.15, -0.1) is 11.3 Å². The molecule has 2 amide bonds. The van der Waals surface area contributed by atoms with E-state index >= 15 is 0 Å². The van der Waals surface area contributed by atoms with Crippen LogP contribution in [0.2, 0.25) is 0 Å². The highest BCUT2D eigenvalue weighted by atomic mass is 32.1. The van der Waals surface area contributed by atoms with Gasteiger partial charge in [-0.3, -0.25) is 14.6 Å².